The van der Waals surface area contributed by atoms with Gasteiger partial charge in [-0.3, -0.25) is 0 Å². The summed E-state index contributed by atoms with van der Waals surface area (Å²) in [6.45, 7) is 13.0. The van der Waals surface area contributed by atoms with Crippen LogP contribution < -0.4 is 10.9 Å². The molecule has 7 aromatic carbocycles. The van der Waals surface area contributed by atoms with E-state index in [1.54, 1.807) is 0 Å². The zero-order chi connectivity index (χ0) is 43.3. The molecule has 7 rings (SSSR count). The molecule has 0 aromatic heterocycles. The van der Waals surface area contributed by atoms with Gasteiger partial charge < -0.3 is 20.1 Å². The monoisotopic (exact) mass is 918 g/mol. The Balaban J connectivity index is 0.000000192. The molecule has 0 amide bonds. The van der Waals surface area contributed by atoms with Gasteiger partial charge in [0, 0.05) is 8.95 Å². The summed E-state index contributed by atoms with van der Waals surface area (Å²) in [5.41, 5.74) is 18.6. The maximum Gasteiger partial charge on any atom is 0.488 e. The van der Waals surface area contributed by atoms with Crippen LogP contribution in [0.15, 0.2) is 184 Å². The highest BCUT2D eigenvalue weighted by atomic mass is 79.9. The van der Waals surface area contributed by atoms with Gasteiger partial charge in [-0.05, 0) is 144 Å². The Morgan fingerprint density at radius 2 is 0.567 bits per heavy atom. The average molecular weight is 920 g/mol. The van der Waals surface area contributed by atoms with Crippen LogP contribution in [-0.2, 0) is 0 Å². The highest BCUT2D eigenvalue weighted by Crippen LogP contribution is 2.30. The molecule has 0 saturated heterocycles. The summed E-state index contributed by atoms with van der Waals surface area (Å²) in [5.74, 6) is 0. The second-order valence-electron chi connectivity index (χ2n) is 14.9. The second kappa shape index (κ2) is 22.0. The van der Waals surface area contributed by atoms with Crippen LogP contribution in [0.25, 0.3) is 50.1 Å². The molecule has 0 unspecified atom stereocenters. The van der Waals surface area contributed by atoms with Crippen LogP contribution in [0.4, 0.5) is 0 Å². The molecule has 8 heteroatoms. The van der Waals surface area contributed by atoms with Gasteiger partial charge >= 0.3 is 14.2 Å². The lowest BCUT2D eigenvalue weighted by molar-refractivity contribution is 0.423. The fraction of sp³-hybridized carbons (Fsp3) is 0.115. The largest absolute Gasteiger partial charge is 0.488 e. The summed E-state index contributed by atoms with van der Waals surface area (Å²) in [7, 11) is -3.04. The number of hydrogen-bond acceptors (Lipinski definition) is 4. The lowest BCUT2D eigenvalue weighted by atomic mass is 9.75. The Morgan fingerprint density at radius 1 is 0.333 bits per heavy atom. The van der Waals surface area contributed by atoms with Crippen LogP contribution in [0.2, 0.25) is 0 Å². The zero-order valence-electron chi connectivity index (χ0n) is 34.9. The fourth-order valence-corrected chi connectivity index (χ4v) is 6.86. The number of benzene rings is 7. The quantitative estimate of drug-likeness (QED) is 0.0904. The highest BCUT2D eigenvalue weighted by Gasteiger charge is 2.14. The van der Waals surface area contributed by atoms with Crippen LogP contribution in [0, 0.1) is 6.92 Å². The summed E-state index contributed by atoms with van der Waals surface area (Å²) in [6.07, 6.45) is 0. The van der Waals surface area contributed by atoms with E-state index in [4.69, 9.17) is 20.1 Å². The average Bonchev–Trinajstić information content (AvgIpc) is 3.27. The molecule has 0 radical (unpaired) electrons. The number of halogens is 2. The maximum absolute atomic E-state index is 8.68. The van der Waals surface area contributed by atoms with E-state index in [1.807, 2.05) is 0 Å². The molecular formula is C52H50B2Br2O4. The van der Waals surface area contributed by atoms with E-state index in [0.717, 1.165) is 8.95 Å². The lowest BCUT2D eigenvalue weighted by Gasteiger charge is -2.09. The van der Waals surface area contributed by atoms with Crippen molar-refractivity contribution in [2.24, 2.45) is 0 Å². The number of hydrogen-bond donors (Lipinski definition) is 4. The van der Waals surface area contributed by atoms with E-state index in [0.29, 0.717) is 10.9 Å². The van der Waals surface area contributed by atoms with Gasteiger partial charge in [0.15, 0.2) is 0 Å². The highest BCUT2D eigenvalue weighted by molar-refractivity contribution is 9.10. The summed E-state index contributed by atoms with van der Waals surface area (Å²) < 4.78 is 2.22. The molecule has 0 saturated carbocycles. The van der Waals surface area contributed by atoms with Crippen LogP contribution in [0.1, 0.15) is 56.9 Å². The van der Waals surface area contributed by atoms with Gasteiger partial charge in [-0.2, -0.15) is 0 Å². The molecule has 0 fully saturated rings. The standard InChI is InChI=1S/C30H28.C16H14Br2.C6H8B2O4/c1-21(2)23(4)24-9-11-26(12-10-24)28-17-19-30(20-18-28)29-15-13-27(14-16-29)25-7-5-22(3)6-8-25;1-11(13-3-7-15(17)8-4-13)12(2)14-5-9-16(18)10-6-14;9-7(10)5-1-2-6(4-3-5)8(11)12/h5-20H,1-4H3;3-10H,1-2H3;1-4,9-12H/b;12-11+;. The SMILES string of the molecule is C/C(=C(/C)c1ccc(Br)cc1)c1ccc(Br)cc1.CC(C)=C(C)c1ccc(-c2ccc(-c3ccc(-c4ccc(C)cc4)cc3)cc2)cc1.OB(O)c1ccc(B(O)O)cc1. The first-order chi connectivity index (χ1) is 28.7. The minimum absolute atomic E-state index is 0.319. The molecule has 0 aliphatic carbocycles. The normalized spacial score (nSPS) is 10.9. The van der Waals surface area contributed by atoms with E-state index in [2.05, 4.69) is 219 Å². The van der Waals surface area contributed by atoms with E-state index in [-0.39, 0.29) is 0 Å². The predicted molar refractivity (Wildman–Crippen MR) is 264 cm³/mol. The van der Waals surface area contributed by atoms with Crippen molar-refractivity contribution in [3.63, 3.8) is 0 Å². The zero-order valence-corrected chi connectivity index (χ0v) is 38.0. The summed E-state index contributed by atoms with van der Waals surface area (Å²) >= 11 is 6.93. The molecule has 0 aliphatic heterocycles. The molecule has 0 heterocycles. The second-order valence-corrected chi connectivity index (χ2v) is 16.7. The minimum atomic E-state index is -1.52. The van der Waals surface area contributed by atoms with Crippen molar-refractivity contribution in [3.05, 3.63) is 207 Å². The van der Waals surface area contributed by atoms with Gasteiger partial charge in [-0.25, -0.2) is 0 Å². The third kappa shape index (κ3) is 13.0. The summed E-state index contributed by atoms with van der Waals surface area (Å²) in [5, 5.41) is 34.7. The molecule has 4 N–H and O–H groups in total. The van der Waals surface area contributed by atoms with Gasteiger partial charge in [0.1, 0.15) is 0 Å². The molecule has 0 spiro atoms. The summed E-state index contributed by atoms with van der Waals surface area (Å²) in [4.78, 5) is 0. The summed E-state index contributed by atoms with van der Waals surface area (Å²) in [6, 6.07) is 57.8. The van der Waals surface area contributed by atoms with Crippen molar-refractivity contribution in [1.29, 1.82) is 0 Å². The van der Waals surface area contributed by atoms with Crippen molar-refractivity contribution in [1.82, 2.24) is 0 Å². The van der Waals surface area contributed by atoms with E-state index < -0.39 is 14.2 Å². The van der Waals surface area contributed by atoms with Crippen LogP contribution in [0.3, 0.4) is 0 Å². The van der Waals surface area contributed by atoms with Crippen molar-refractivity contribution < 1.29 is 20.1 Å². The van der Waals surface area contributed by atoms with Crippen LogP contribution in [0.5, 0.6) is 0 Å². The lowest BCUT2D eigenvalue weighted by Crippen LogP contribution is -2.34. The van der Waals surface area contributed by atoms with Crippen molar-refractivity contribution in [2.75, 3.05) is 0 Å². The maximum atomic E-state index is 8.68. The Labute approximate surface area is 373 Å². The molecule has 0 aliphatic rings. The van der Waals surface area contributed by atoms with Gasteiger partial charge in [-0.15, -0.1) is 0 Å². The Hall–Kier alpha value is -5.05. The van der Waals surface area contributed by atoms with Crippen molar-refractivity contribution in [2.45, 2.75) is 41.5 Å². The smallest absolute Gasteiger partial charge is 0.423 e. The van der Waals surface area contributed by atoms with Crippen LogP contribution in [-0.4, -0.2) is 34.3 Å². The number of rotatable bonds is 8. The van der Waals surface area contributed by atoms with E-state index >= 15 is 0 Å². The third-order valence-corrected chi connectivity index (χ3v) is 11.6. The first-order valence-corrected chi connectivity index (χ1v) is 21.3. The molecule has 302 valence electrons. The molecule has 60 heavy (non-hydrogen) atoms. The van der Waals surface area contributed by atoms with Crippen molar-refractivity contribution in [3.8, 4) is 33.4 Å². The Bertz CT molecular complexity index is 2410. The van der Waals surface area contributed by atoms with Crippen LogP contribution >= 0.6 is 31.9 Å². The Kier molecular flexibility index (Phi) is 16.9. The third-order valence-electron chi connectivity index (χ3n) is 10.5. The fourth-order valence-electron chi connectivity index (χ4n) is 6.33. The molecule has 0 atom stereocenters. The van der Waals surface area contributed by atoms with E-state index in [9.17, 15) is 0 Å². The topological polar surface area (TPSA) is 80.9 Å². The van der Waals surface area contributed by atoms with Gasteiger partial charge in [-0.1, -0.05) is 189 Å². The van der Waals surface area contributed by atoms with Gasteiger partial charge in [0.05, 0.1) is 0 Å². The van der Waals surface area contributed by atoms with Gasteiger partial charge in [0.25, 0.3) is 0 Å². The first-order valence-electron chi connectivity index (χ1n) is 19.7. The molecule has 4 nitrogen and oxygen atoms in total. The van der Waals surface area contributed by atoms with E-state index in [1.165, 1.54) is 102 Å². The van der Waals surface area contributed by atoms with Gasteiger partial charge in [0.2, 0.25) is 0 Å². The number of allylic oxidation sites excluding steroid dienone is 4. The molecule has 7 aromatic rings. The minimum Gasteiger partial charge on any atom is -0.423 e. The predicted octanol–water partition coefficient (Wildman–Crippen LogP) is 12.0. The molecular weight excluding hydrogens is 870 g/mol. The van der Waals surface area contributed by atoms with Crippen molar-refractivity contribution >= 4 is 73.7 Å². The Morgan fingerprint density at radius 3 is 0.833 bits per heavy atom. The number of aryl methyl sites for hydroxylation is 1. The molecule has 0 bridgehead atoms. The first kappa shape index (κ1) is 46.0.